The molecule has 0 aromatic heterocycles. The van der Waals surface area contributed by atoms with E-state index >= 15 is 0 Å². The first-order chi connectivity index (χ1) is 18.0. The van der Waals surface area contributed by atoms with Crippen LogP contribution in [0.2, 0.25) is 0 Å². The summed E-state index contributed by atoms with van der Waals surface area (Å²) in [6, 6.07) is 18.8. The van der Waals surface area contributed by atoms with E-state index in [4.69, 9.17) is 23.0 Å². The summed E-state index contributed by atoms with van der Waals surface area (Å²) < 4.78 is 42.7. The Kier molecular flexibility index (Phi) is 15.4. The van der Waals surface area contributed by atoms with Crippen LogP contribution in [0.25, 0.3) is 0 Å². The maximum atomic E-state index is 13.7. The van der Waals surface area contributed by atoms with Crippen LogP contribution >= 0.6 is 7.82 Å². The van der Waals surface area contributed by atoms with E-state index in [0.717, 1.165) is 43.2 Å². The Bertz CT molecular complexity index is 859. The van der Waals surface area contributed by atoms with Gasteiger partial charge in [0, 0.05) is 13.0 Å². The predicted octanol–water partition coefficient (Wildman–Crippen LogP) is 7.63. The van der Waals surface area contributed by atoms with Gasteiger partial charge in [-0.3, -0.25) is 18.4 Å². The van der Waals surface area contributed by atoms with Gasteiger partial charge in [-0.05, 0) is 30.4 Å². The molecule has 2 atom stereocenters. The van der Waals surface area contributed by atoms with Gasteiger partial charge in [0.2, 0.25) is 0 Å². The van der Waals surface area contributed by atoms with Gasteiger partial charge in [-0.2, -0.15) is 0 Å². The first-order valence-corrected chi connectivity index (χ1v) is 14.9. The predicted molar refractivity (Wildman–Crippen MR) is 145 cm³/mol. The van der Waals surface area contributed by atoms with Crippen molar-refractivity contribution in [3.63, 3.8) is 0 Å². The lowest BCUT2D eigenvalue weighted by Gasteiger charge is -2.28. The molecule has 2 aromatic rings. The average Bonchev–Trinajstić information content (AvgIpc) is 2.93. The lowest BCUT2D eigenvalue weighted by molar-refractivity contribution is -0.161. The number of carbonyl (C=O) groups is 1. The molecule has 8 heteroatoms. The number of esters is 1. The smallest absolute Gasteiger partial charge is 0.457 e. The molecular formula is C29H43O7P. The fourth-order valence-electron chi connectivity index (χ4n) is 3.57. The van der Waals surface area contributed by atoms with Crippen molar-refractivity contribution in [1.82, 2.24) is 0 Å². The van der Waals surface area contributed by atoms with Crippen LogP contribution in [0.4, 0.5) is 0 Å². The second-order valence-corrected chi connectivity index (χ2v) is 10.6. The van der Waals surface area contributed by atoms with Crippen LogP contribution in [0.3, 0.4) is 0 Å². The number of carbonyl (C=O) groups excluding carboxylic acids is 1. The maximum absolute atomic E-state index is 13.7. The van der Waals surface area contributed by atoms with Crippen LogP contribution in [0, 0.1) is 0 Å². The molecule has 2 rings (SSSR count). The van der Waals surface area contributed by atoms with Gasteiger partial charge < -0.3 is 9.47 Å². The quantitative estimate of drug-likeness (QED) is 0.0981. The zero-order chi connectivity index (χ0) is 26.8. The second-order valence-electron chi connectivity index (χ2n) is 8.92. The number of hydrogen-bond acceptors (Lipinski definition) is 7. The summed E-state index contributed by atoms with van der Waals surface area (Å²) in [5.74, 6) is -0.323. The minimum Gasteiger partial charge on any atom is -0.457 e. The standard InChI is InChI=1S/C29H43O7P/c1-4-7-15-21-32-27(6-3)28(36-29(30)20-8-5-2)24-35-37(31,33-22-25-16-11-9-12-17-25)34-23-26-18-13-10-14-19-26/h9-14,16-19,27-28H,4-8,15,20-24H2,1-3H3. The van der Waals surface area contributed by atoms with E-state index in [1.807, 2.05) is 74.5 Å². The van der Waals surface area contributed by atoms with Gasteiger partial charge in [0.25, 0.3) is 0 Å². The molecule has 0 amide bonds. The van der Waals surface area contributed by atoms with E-state index in [9.17, 15) is 9.36 Å². The highest BCUT2D eigenvalue weighted by Crippen LogP contribution is 2.51. The molecule has 0 aliphatic rings. The van der Waals surface area contributed by atoms with Gasteiger partial charge in [0.1, 0.15) is 0 Å². The summed E-state index contributed by atoms with van der Waals surface area (Å²) in [5, 5.41) is 0. The van der Waals surface area contributed by atoms with Crippen molar-refractivity contribution in [2.24, 2.45) is 0 Å². The van der Waals surface area contributed by atoms with Gasteiger partial charge in [0.15, 0.2) is 6.10 Å². The number of ether oxygens (including phenoxy) is 2. The SMILES string of the molecule is CCCCCOC(CC)C(COP(=O)(OCc1ccccc1)OCc1ccccc1)OC(=O)CCCC. The number of unbranched alkanes of at least 4 members (excludes halogenated alkanes) is 3. The highest BCUT2D eigenvalue weighted by molar-refractivity contribution is 7.48. The van der Waals surface area contributed by atoms with E-state index in [-0.39, 0.29) is 31.9 Å². The summed E-state index contributed by atoms with van der Waals surface area (Å²) in [6.45, 7) is 6.62. The molecule has 0 saturated carbocycles. The van der Waals surface area contributed by atoms with E-state index in [0.29, 0.717) is 19.4 Å². The van der Waals surface area contributed by atoms with Crippen LogP contribution < -0.4 is 0 Å². The van der Waals surface area contributed by atoms with E-state index in [1.54, 1.807) is 0 Å². The fourth-order valence-corrected chi connectivity index (χ4v) is 4.74. The molecule has 0 aliphatic heterocycles. The number of phosphoric acid groups is 1. The normalized spacial score (nSPS) is 13.3. The van der Waals surface area contributed by atoms with Crippen LogP contribution in [0.1, 0.15) is 76.8 Å². The summed E-state index contributed by atoms with van der Waals surface area (Å²) in [5.41, 5.74) is 1.67. The first kappa shape index (κ1) is 31.2. The van der Waals surface area contributed by atoms with Crippen LogP contribution in [-0.2, 0) is 45.6 Å². The van der Waals surface area contributed by atoms with Crippen molar-refractivity contribution in [1.29, 1.82) is 0 Å². The number of benzene rings is 2. The molecule has 2 unspecified atom stereocenters. The third-order valence-corrected chi connectivity index (χ3v) is 7.13. The summed E-state index contributed by atoms with van der Waals surface area (Å²) in [6.07, 6.45) is 4.49. The Labute approximate surface area is 222 Å². The lowest BCUT2D eigenvalue weighted by Crippen LogP contribution is -2.37. The minimum absolute atomic E-state index is 0.0542. The molecule has 0 heterocycles. The third-order valence-electron chi connectivity index (χ3n) is 5.78. The number of phosphoric ester groups is 1. The van der Waals surface area contributed by atoms with Crippen molar-refractivity contribution in [3.8, 4) is 0 Å². The van der Waals surface area contributed by atoms with Gasteiger partial charge in [-0.25, -0.2) is 4.57 Å². The van der Waals surface area contributed by atoms with Crippen molar-refractivity contribution >= 4 is 13.8 Å². The zero-order valence-corrected chi connectivity index (χ0v) is 23.4. The van der Waals surface area contributed by atoms with E-state index < -0.39 is 13.9 Å². The van der Waals surface area contributed by atoms with Gasteiger partial charge >= 0.3 is 13.8 Å². The van der Waals surface area contributed by atoms with Crippen LogP contribution in [0.15, 0.2) is 60.7 Å². The molecule has 0 radical (unpaired) electrons. The Hall–Kier alpha value is -2.02. The highest BCUT2D eigenvalue weighted by Gasteiger charge is 2.33. The molecule has 0 spiro atoms. The molecule has 0 aliphatic carbocycles. The molecule has 0 bridgehead atoms. The second kappa shape index (κ2) is 18.3. The van der Waals surface area contributed by atoms with Crippen LogP contribution in [-0.4, -0.2) is 31.4 Å². The monoisotopic (exact) mass is 534 g/mol. The Morgan fingerprint density at radius 2 is 1.32 bits per heavy atom. The largest absolute Gasteiger partial charge is 0.475 e. The number of hydrogen-bond donors (Lipinski definition) is 0. The molecular weight excluding hydrogens is 491 g/mol. The Balaban J connectivity index is 2.12. The third kappa shape index (κ3) is 12.9. The maximum Gasteiger partial charge on any atom is 0.475 e. The molecule has 7 nitrogen and oxygen atoms in total. The molecule has 37 heavy (non-hydrogen) atoms. The molecule has 0 N–H and O–H groups in total. The molecule has 206 valence electrons. The summed E-state index contributed by atoms with van der Waals surface area (Å²) >= 11 is 0. The van der Waals surface area contributed by atoms with Gasteiger partial charge in [-0.15, -0.1) is 0 Å². The Morgan fingerprint density at radius 1 is 0.757 bits per heavy atom. The minimum atomic E-state index is -4.00. The van der Waals surface area contributed by atoms with Crippen molar-refractivity contribution in [2.45, 2.75) is 91.1 Å². The molecule has 0 saturated heterocycles. The van der Waals surface area contributed by atoms with E-state index in [1.165, 1.54) is 0 Å². The molecule has 0 fully saturated rings. The zero-order valence-electron chi connectivity index (χ0n) is 22.5. The average molecular weight is 535 g/mol. The summed E-state index contributed by atoms with van der Waals surface area (Å²) in [7, 11) is -4.00. The summed E-state index contributed by atoms with van der Waals surface area (Å²) in [4.78, 5) is 12.5. The Morgan fingerprint density at radius 3 is 1.84 bits per heavy atom. The molecule has 2 aromatic carbocycles. The topological polar surface area (TPSA) is 80.3 Å². The lowest BCUT2D eigenvalue weighted by atomic mass is 10.1. The first-order valence-electron chi connectivity index (χ1n) is 13.4. The fraction of sp³-hybridized carbons (Fsp3) is 0.552. The van der Waals surface area contributed by atoms with Gasteiger partial charge in [-0.1, -0.05) is 101 Å². The van der Waals surface area contributed by atoms with Crippen LogP contribution in [0.5, 0.6) is 0 Å². The van der Waals surface area contributed by atoms with E-state index in [2.05, 4.69) is 6.92 Å². The highest BCUT2D eigenvalue weighted by atomic mass is 31.2. The van der Waals surface area contributed by atoms with Crippen molar-refractivity contribution in [2.75, 3.05) is 13.2 Å². The van der Waals surface area contributed by atoms with Gasteiger partial charge in [0.05, 0.1) is 25.9 Å². The number of rotatable bonds is 20. The van der Waals surface area contributed by atoms with Crippen molar-refractivity contribution in [3.05, 3.63) is 71.8 Å². The van der Waals surface area contributed by atoms with Crippen molar-refractivity contribution < 1.29 is 32.4 Å².